The molecule has 0 saturated heterocycles. The molecule has 2 bridgehead atoms. The Morgan fingerprint density at radius 3 is 2.52 bits per heavy atom. The molecule has 2 N–H and O–H groups in total. The van der Waals surface area contributed by atoms with Gasteiger partial charge in [0, 0.05) is 0 Å². The average Bonchev–Trinajstić information content (AvgIpc) is 2.97. The van der Waals surface area contributed by atoms with Crippen LogP contribution in [0.4, 0.5) is 0 Å². The van der Waals surface area contributed by atoms with Gasteiger partial charge in [0.15, 0.2) is 0 Å². The Morgan fingerprint density at radius 1 is 1.00 bits per heavy atom. The first kappa shape index (κ1) is 17.3. The van der Waals surface area contributed by atoms with E-state index in [0.29, 0.717) is 22.7 Å². The van der Waals surface area contributed by atoms with Gasteiger partial charge >= 0.3 is 0 Å². The number of fused-ring (bicyclic) bond motifs is 3. The summed E-state index contributed by atoms with van der Waals surface area (Å²) in [5.41, 5.74) is 0.636. The lowest BCUT2D eigenvalue weighted by molar-refractivity contribution is -0.125. The second-order valence-corrected chi connectivity index (χ2v) is 11.4. The number of rotatable bonds is 1. The Kier molecular flexibility index (Phi) is 3.73. The monoisotopic (exact) mass is 366 g/mol. The van der Waals surface area contributed by atoms with E-state index < -0.39 is 0 Å². The van der Waals surface area contributed by atoms with Crippen molar-refractivity contribution in [3.63, 3.8) is 0 Å². The zero-order chi connectivity index (χ0) is 17.6. The molecule has 1 unspecified atom stereocenters. The van der Waals surface area contributed by atoms with Gasteiger partial charge in [0.25, 0.3) is 0 Å². The van der Waals surface area contributed by atoms with Gasteiger partial charge in [0.05, 0.1) is 17.1 Å². The fraction of sp³-hybridized carbons (Fsp3) is 1.00. The number of aliphatic hydroxyl groups is 2. The van der Waals surface area contributed by atoms with Crippen LogP contribution in [0.2, 0.25) is 0 Å². The van der Waals surface area contributed by atoms with E-state index in [1.807, 2.05) is 6.92 Å². The molecule has 25 heavy (non-hydrogen) atoms. The first-order valence-electron chi connectivity index (χ1n) is 10.9. The minimum Gasteiger partial charge on any atom is -0.393 e. The van der Waals surface area contributed by atoms with E-state index in [-0.39, 0.29) is 17.1 Å². The van der Waals surface area contributed by atoms with Gasteiger partial charge in [-0.2, -0.15) is 0 Å². The fourth-order valence-electron chi connectivity index (χ4n) is 9.29. The SMILES string of the molecule is CC(O)[C@H]1CC[C@H]2[C@@H]3C[C@@H]4CC[C@@]5(CC[C@H](O)C[C@]45Cl)[C@H]3CC[C@]12C. The van der Waals surface area contributed by atoms with E-state index in [0.717, 1.165) is 37.0 Å². The summed E-state index contributed by atoms with van der Waals surface area (Å²) >= 11 is 7.40. The van der Waals surface area contributed by atoms with Crippen LogP contribution in [0, 0.1) is 40.4 Å². The number of hydrogen-bond acceptors (Lipinski definition) is 2. The van der Waals surface area contributed by atoms with Gasteiger partial charge in [-0.1, -0.05) is 6.92 Å². The highest BCUT2D eigenvalue weighted by Gasteiger charge is 2.71. The van der Waals surface area contributed by atoms with Crippen LogP contribution in [0.25, 0.3) is 0 Å². The molecule has 5 aliphatic rings. The van der Waals surface area contributed by atoms with Gasteiger partial charge < -0.3 is 10.2 Å². The predicted octanol–water partition coefficient (Wildman–Crippen LogP) is 4.75. The Balaban J connectivity index is 1.51. The van der Waals surface area contributed by atoms with Crippen molar-refractivity contribution in [2.45, 2.75) is 95.1 Å². The lowest BCUT2D eigenvalue weighted by Gasteiger charge is -2.64. The third-order valence-corrected chi connectivity index (χ3v) is 11.1. The highest BCUT2D eigenvalue weighted by Crippen LogP contribution is 2.75. The van der Waals surface area contributed by atoms with Gasteiger partial charge in [-0.05, 0) is 112 Å². The molecular weight excluding hydrogens is 332 g/mol. The summed E-state index contributed by atoms with van der Waals surface area (Å²) in [5.74, 6) is 3.47. The number of alkyl halides is 1. The molecule has 0 aliphatic heterocycles. The number of halogens is 1. The van der Waals surface area contributed by atoms with Crippen molar-refractivity contribution < 1.29 is 10.2 Å². The molecule has 5 fully saturated rings. The lowest BCUT2D eigenvalue weighted by atomic mass is 9.44. The first-order valence-corrected chi connectivity index (χ1v) is 11.2. The summed E-state index contributed by atoms with van der Waals surface area (Å²) in [6.07, 6.45) is 11.6. The quantitative estimate of drug-likeness (QED) is 0.657. The van der Waals surface area contributed by atoms with Crippen LogP contribution in [-0.4, -0.2) is 27.3 Å². The zero-order valence-corrected chi connectivity index (χ0v) is 16.6. The minimum absolute atomic E-state index is 0.123. The van der Waals surface area contributed by atoms with Crippen molar-refractivity contribution in [2.75, 3.05) is 0 Å². The number of aliphatic hydroxyl groups excluding tert-OH is 2. The molecule has 0 radical (unpaired) electrons. The van der Waals surface area contributed by atoms with Gasteiger partial charge in [-0.15, -0.1) is 11.6 Å². The highest BCUT2D eigenvalue weighted by atomic mass is 35.5. The molecule has 142 valence electrons. The third-order valence-electron chi connectivity index (χ3n) is 10.2. The molecule has 3 heteroatoms. The van der Waals surface area contributed by atoms with Gasteiger partial charge in [-0.25, -0.2) is 0 Å². The fourth-order valence-corrected chi connectivity index (χ4v) is 10.00. The van der Waals surface area contributed by atoms with Crippen LogP contribution in [-0.2, 0) is 0 Å². The second kappa shape index (κ2) is 5.39. The lowest BCUT2D eigenvalue weighted by Crippen LogP contribution is -2.61. The van der Waals surface area contributed by atoms with E-state index in [2.05, 4.69) is 6.92 Å². The number of hydrogen-bond donors (Lipinski definition) is 2. The van der Waals surface area contributed by atoms with Crippen LogP contribution in [0.1, 0.15) is 78.1 Å². The van der Waals surface area contributed by atoms with E-state index in [9.17, 15) is 10.2 Å². The molecule has 5 saturated carbocycles. The minimum atomic E-state index is -0.178. The third kappa shape index (κ3) is 2.00. The van der Waals surface area contributed by atoms with Crippen LogP contribution in [0.3, 0.4) is 0 Å². The summed E-state index contributed by atoms with van der Waals surface area (Å²) < 4.78 is 0. The Morgan fingerprint density at radius 2 is 1.76 bits per heavy atom. The van der Waals surface area contributed by atoms with Crippen molar-refractivity contribution in [3.05, 3.63) is 0 Å². The van der Waals surface area contributed by atoms with Crippen molar-refractivity contribution in [1.82, 2.24) is 0 Å². The standard InChI is InChI=1S/C22H35ClO2/c1-13(24)17-3-4-18-16-11-14-5-9-21(19(16)7-8-20(17,18)2)10-6-15(25)12-22(14,21)23/h13-19,24-25H,3-12H2,1-2H3/t13?,14-,15-,16-,17+,18-,19-,20+,21+,22-/m0/s1. The van der Waals surface area contributed by atoms with Crippen LogP contribution in [0.15, 0.2) is 0 Å². The van der Waals surface area contributed by atoms with Gasteiger partial charge in [-0.3, -0.25) is 0 Å². The smallest absolute Gasteiger partial charge is 0.0558 e. The predicted molar refractivity (Wildman–Crippen MR) is 100 cm³/mol. The Labute approximate surface area is 157 Å². The Hall–Kier alpha value is 0.210. The van der Waals surface area contributed by atoms with Gasteiger partial charge in [0.1, 0.15) is 0 Å². The second-order valence-electron chi connectivity index (χ2n) is 10.7. The molecule has 0 spiro atoms. The van der Waals surface area contributed by atoms with E-state index in [1.165, 1.54) is 44.9 Å². The maximum atomic E-state index is 10.4. The zero-order valence-electron chi connectivity index (χ0n) is 15.9. The maximum absolute atomic E-state index is 10.4. The van der Waals surface area contributed by atoms with Crippen LogP contribution < -0.4 is 0 Å². The van der Waals surface area contributed by atoms with Crippen molar-refractivity contribution in [1.29, 1.82) is 0 Å². The van der Waals surface area contributed by atoms with Crippen molar-refractivity contribution in [2.24, 2.45) is 40.4 Å². The molecule has 0 aromatic rings. The van der Waals surface area contributed by atoms with Crippen LogP contribution >= 0.6 is 11.6 Å². The summed E-state index contributed by atoms with van der Waals surface area (Å²) in [4.78, 5) is -0.123. The molecule has 10 atom stereocenters. The summed E-state index contributed by atoms with van der Waals surface area (Å²) in [6.45, 7) is 4.50. The van der Waals surface area contributed by atoms with E-state index in [1.54, 1.807) is 0 Å². The molecule has 0 heterocycles. The molecular formula is C22H35ClO2. The molecule has 0 aromatic heterocycles. The van der Waals surface area contributed by atoms with Gasteiger partial charge in [0.2, 0.25) is 0 Å². The maximum Gasteiger partial charge on any atom is 0.0558 e. The summed E-state index contributed by atoms with van der Waals surface area (Å²) in [6, 6.07) is 0. The van der Waals surface area contributed by atoms with Crippen LogP contribution in [0.5, 0.6) is 0 Å². The molecule has 0 aromatic carbocycles. The average molecular weight is 367 g/mol. The summed E-state index contributed by atoms with van der Waals surface area (Å²) in [7, 11) is 0. The van der Waals surface area contributed by atoms with E-state index in [4.69, 9.17) is 11.6 Å². The molecule has 2 nitrogen and oxygen atoms in total. The molecule has 0 amide bonds. The first-order chi connectivity index (χ1) is 11.8. The topological polar surface area (TPSA) is 40.5 Å². The van der Waals surface area contributed by atoms with Crippen molar-refractivity contribution in [3.8, 4) is 0 Å². The summed E-state index contributed by atoms with van der Waals surface area (Å²) in [5, 5.41) is 20.7. The largest absolute Gasteiger partial charge is 0.393 e. The molecule has 5 rings (SSSR count). The normalized spacial score (nSPS) is 61.3. The van der Waals surface area contributed by atoms with Crippen molar-refractivity contribution >= 4 is 11.6 Å². The molecule has 5 aliphatic carbocycles. The van der Waals surface area contributed by atoms with E-state index >= 15 is 0 Å². The highest BCUT2D eigenvalue weighted by molar-refractivity contribution is 6.25. The Bertz CT molecular complexity index is 564.